The van der Waals surface area contributed by atoms with E-state index in [4.69, 9.17) is 11.6 Å². The van der Waals surface area contributed by atoms with E-state index in [0.717, 1.165) is 12.8 Å². The number of aliphatic hydroxyl groups excluding tert-OH is 1. The van der Waals surface area contributed by atoms with Crippen molar-refractivity contribution in [1.82, 2.24) is 9.97 Å². The molecule has 1 aromatic heterocycles. The van der Waals surface area contributed by atoms with Crippen molar-refractivity contribution in [3.05, 3.63) is 39.0 Å². The second-order valence-electron chi connectivity index (χ2n) is 6.94. The summed E-state index contributed by atoms with van der Waals surface area (Å²) in [6, 6.07) is 4.86. The number of nitrogens with one attached hydrogen (secondary N) is 2. The molecule has 0 bridgehead atoms. The van der Waals surface area contributed by atoms with Gasteiger partial charge in [0.25, 0.3) is 0 Å². The monoisotopic (exact) mass is 503 g/mol. The summed E-state index contributed by atoms with van der Waals surface area (Å²) < 4.78 is 41.0. The summed E-state index contributed by atoms with van der Waals surface area (Å²) in [6.07, 6.45) is -1.03. The van der Waals surface area contributed by atoms with Crippen LogP contribution in [-0.4, -0.2) is 21.1 Å². The zero-order valence-corrected chi connectivity index (χ0v) is 17.9. The Labute approximate surface area is 184 Å². The van der Waals surface area contributed by atoms with Crippen LogP contribution in [0.25, 0.3) is 0 Å². The second kappa shape index (κ2) is 9.37. The van der Waals surface area contributed by atoms with Crippen LogP contribution in [0, 0.1) is 17.2 Å². The van der Waals surface area contributed by atoms with Crippen molar-refractivity contribution in [2.45, 2.75) is 44.5 Å². The molecular formula is C19H18BrClF3N5O. The minimum atomic E-state index is -4.65. The molecule has 1 heterocycles. The van der Waals surface area contributed by atoms with Crippen molar-refractivity contribution < 1.29 is 18.3 Å². The van der Waals surface area contributed by atoms with Crippen LogP contribution in [0.4, 0.5) is 30.6 Å². The molecule has 1 saturated carbocycles. The van der Waals surface area contributed by atoms with Crippen LogP contribution in [0.3, 0.4) is 0 Å². The van der Waals surface area contributed by atoms with Gasteiger partial charge in [0.2, 0.25) is 5.95 Å². The number of benzene rings is 1. The van der Waals surface area contributed by atoms with E-state index in [1.54, 1.807) is 6.07 Å². The maximum atomic E-state index is 13.5. The average Bonchev–Trinajstić information content (AvgIpc) is 2.70. The summed E-state index contributed by atoms with van der Waals surface area (Å²) in [4.78, 5) is 7.80. The fraction of sp³-hybridized carbons (Fsp3) is 0.421. The number of halogens is 5. The predicted molar refractivity (Wildman–Crippen MR) is 110 cm³/mol. The van der Waals surface area contributed by atoms with Crippen LogP contribution in [0.1, 0.15) is 36.8 Å². The molecule has 1 aromatic carbocycles. The van der Waals surface area contributed by atoms with Gasteiger partial charge in [0.05, 0.1) is 23.6 Å². The van der Waals surface area contributed by atoms with Gasteiger partial charge in [-0.2, -0.15) is 23.4 Å². The SMILES string of the molecule is N#CC1CCCCC1Nc1nc(Nc2cc(Cl)c(Br)c(CO)c2)ncc1C(F)(F)F. The minimum Gasteiger partial charge on any atom is -0.392 e. The van der Waals surface area contributed by atoms with Gasteiger partial charge in [0.15, 0.2) is 0 Å². The Kier molecular flexibility index (Phi) is 7.06. The Bertz CT molecular complexity index is 966. The number of nitriles is 1. The topological polar surface area (TPSA) is 93.9 Å². The second-order valence-corrected chi connectivity index (χ2v) is 8.14. The molecule has 2 aromatic rings. The number of nitrogens with zero attached hydrogens (tertiary/aromatic N) is 3. The normalized spacial score (nSPS) is 19.2. The van der Waals surface area contributed by atoms with Crippen molar-refractivity contribution in [3.63, 3.8) is 0 Å². The Hall–Kier alpha value is -2.09. The number of hydrogen-bond donors (Lipinski definition) is 3. The van der Waals surface area contributed by atoms with E-state index in [2.05, 4.69) is 42.6 Å². The smallest absolute Gasteiger partial charge is 0.392 e. The molecule has 0 amide bonds. The molecule has 160 valence electrons. The van der Waals surface area contributed by atoms with Crippen molar-refractivity contribution in [2.24, 2.45) is 5.92 Å². The third kappa shape index (κ3) is 5.14. The van der Waals surface area contributed by atoms with Crippen LogP contribution >= 0.6 is 27.5 Å². The first-order chi connectivity index (χ1) is 14.2. The first kappa shape index (κ1) is 22.6. The molecule has 30 heavy (non-hydrogen) atoms. The Morgan fingerprint density at radius 3 is 2.70 bits per heavy atom. The van der Waals surface area contributed by atoms with Crippen LogP contribution in [0.15, 0.2) is 22.8 Å². The molecule has 0 saturated heterocycles. The largest absolute Gasteiger partial charge is 0.421 e. The quantitative estimate of drug-likeness (QED) is 0.488. The molecule has 3 N–H and O–H groups in total. The highest BCUT2D eigenvalue weighted by Crippen LogP contribution is 2.37. The van der Waals surface area contributed by atoms with Gasteiger partial charge < -0.3 is 15.7 Å². The highest BCUT2D eigenvalue weighted by Gasteiger charge is 2.37. The van der Waals surface area contributed by atoms with Gasteiger partial charge in [-0.1, -0.05) is 24.4 Å². The van der Waals surface area contributed by atoms with Gasteiger partial charge in [0.1, 0.15) is 11.4 Å². The van der Waals surface area contributed by atoms with Crippen molar-refractivity contribution >= 4 is 45.0 Å². The van der Waals surface area contributed by atoms with Crippen molar-refractivity contribution in [3.8, 4) is 6.07 Å². The number of aromatic nitrogens is 2. The molecule has 3 rings (SSSR count). The van der Waals surface area contributed by atoms with E-state index >= 15 is 0 Å². The van der Waals surface area contributed by atoms with E-state index < -0.39 is 17.8 Å². The van der Waals surface area contributed by atoms with Gasteiger partial charge in [0, 0.05) is 22.4 Å². The van der Waals surface area contributed by atoms with Crippen molar-refractivity contribution in [2.75, 3.05) is 10.6 Å². The molecule has 1 aliphatic carbocycles. The zero-order valence-electron chi connectivity index (χ0n) is 15.6. The molecule has 2 atom stereocenters. The molecule has 0 spiro atoms. The Balaban J connectivity index is 1.93. The van der Waals surface area contributed by atoms with Crippen LogP contribution < -0.4 is 10.6 Å². The van der Waals surface area contributed by atoms with Crippen LogP contribution in [0.2, 0.25) is 5.02 Å². The summed E-state index contributed by atoms with van der Waals surface area (Å²) in [6.45, 7) is -0.284. The Morgan fingerprint density at radius 2 is 2.03 bits per heavy atom. The fourth-order valence-electron chi connectivity index (χ4n) is 3.36. The number of hydrogen-bond acceptors (Lipinski definition) is 6. The summed E-state index contributed by atoms with van der Waals surface area (Å²) >= 11 is 9.37. The number of aliphatic hydroxyl groups is 1. The lowest BCUT2D eigenvalue weighted by Crippen LogP contribution is -2.32. The maximum absolute atomic E-state index is 13.5. The summed E-state index contributed by atoms with van der Waals surface area (Å²) in [5.41, 5.74) is -0.0972. The van der Waals surface area contributed by atoms with Gasteiger partial charge in [-0.3, -0.25) is 0 Å². The predicted octanol–water partition coefficient (Wildman–Crippen LogP) is 5.64. The first-order valence-corrected chi connectivity index (χ1v) is 10.4. The fourth-order valence-corrected chi connectivity index (χ4v) is 3.95. The lowest BCUT2D eigenvalue weighted by molar-refractivity contribution is -0.137. The average molecular weight is 505 g/mol. The molecule has 11 heteroatoms. The molecule has 1 fully saturated rings. The summed E-state index contributed by atoms with van der Waals surface area (Å²) in [7, 11) is 0. The third-order valence-corrected chi connectivity index (χ3v) is 6.34. The molecule has 0 radical (unpaired) electrons. The number of rotatable bonds is 5. The summed E-state index contributed by atoms with van der Waals surface area (Å²) in [5.74, 6) is -0.835. The lowest BCUT2D eigenvalue weighted by Gasteiger charge is -2.29. The minimum absolute atomic E-state index is 0.0721. The lowest BCUT2D eigenvalue weighted by atomic mass is 9.85. The van der Waals surface area contributed by atoms with Gasteiger partial charge in [-0.15, -0.1) is 0 Å². The Morgan fingerprint density at radius 1 is 1.30 bits per heavy atom. The maximum Gasteiger partial charge on any atom is 0.421 e. The molecule has 2 unspecified atom stereocenters. The van der Waals surface area contributed by atoms with Crippen LogP contribution in [-0.2, 0) is 12.8 Å². The van der Waals surface area contributed by atoms with Gasteiger partial charge in [-0.25, -0.2) is 4.98 Å². The summed E-state index contributed by atoms with van der Waals surface area (Å²) in [5, 5.41) is 24.7. The molecular weight excluding hydrogens is 487 g/mol. The van der Waals surface area contributed by atoms with E-state index in [-0.39, 0.29) is 24.3 Å². The molecule has 6 nitrogen and oxygen atoms in total. The number of alkyl halides is 3. The van der Waals surface area contributed by atoms with E-state index in [1.165, 1.54) is 6.07 Å². The third-order valence-electron chi connectivity index (χ3n) is 4.88. The van der Waals surface area contributed by atoms with E-state index in [1.807, 2.05) is 0 Å². The van der Waals surface area contributed by atoms with Gasteiger partial charge in [-0.05, 0) is 46.5 Å². The van der Waals surface area contributed by atoms with E-state index in [9.17, 15) is 23.5 Å². The van der Waals surface area contributed by atoms with Gasteiger partial charge >= 0.3 is 6.18 Å². The highest BCUT2D eigenvalue weighted by atomic mass is 79.9. The van der Waals surface area contributed by atoms with Crippen LogP contribution in [0.5, 0.6) is 0 Å². The van der Waals surface area contributed by atoms with E-state index in [0.29, 0.717) is 39.8 Å². The molecule has 0 aliphatic heterocycles. The number of anilines is 3. The van der Waals surface area contributed by atoms with Crippen molar-refractivity contribution in [1.29, 1.82) is 5.26 Å². The zero-order chi connectivity index (χ0) is 21.9. The highest BCUT2D eigenvalue weighted by molar-refractivity contribution is 9.10. The molecule has 1 aliphatic rings. The first-order valence-electron chi connectivity index (χ1n) is 9.19. The standard InChI is InChI=1S/C19H18BrClF3N5O/c20-16-11(9-30)5-12(6-14(16)21)27-18-26-8-13(19(22,23)24)17(29-18)28-15-4-2-1-3-10(15)7-25/h5-6,8,10,15,30H,1-4,9H2,(H2,26,27,28,29).